The van der Waals surface area contributed by atoms with Gasteiger partial charge in [-0.3, -0.25) is 0 Å². The van der Waals surface area contributed by atoms with Crippen molar-refractivity contribution >= 4 is 0 Å². The highest BCUT2D eigenvalue weighted by molar-refractivity contribution is 4.45. The third-order valence-corrected chi connectivity index (χ3v) is 2.15. The Labute approximate surface area is 93.8 Å². The minimum atomic E-state index is 0.250. The number of hydrogen-bond acceptors (Lipinski definition) is 3. The maximum atomic E-state index is 7.57. The summed E-state index contributed by atoms with van der Waals surface area (Å²) in [5.74, 6) is 0. The molecule has 0 saturated carbocycles. The molecule has 3 heteroatoms. The summed E-state index contributed by atoms with van der Waals surface area (Å²) in [6.45, 7) is 5.93. The summed E-state index contributed by atoms with van der Waals surface area (Å²) in [5.41, 5.74) is 0. The lowest BCUT2D eigenvalue weighted by Crippen LogP contribution is -2.03. The fourth-order valence-corrected chi connectivity index (χ4v) is 1.37. The highest BCUT2D eigenvalue weighted by Gasteiger charge is 1.95. The van der Waals surface area contributed by atoms with E-state index in [4.69, 9.17) is 14.6 Å². The molecule has 0 unspecified atom stereocenters. The highest BCUT2D eigenvalue weighted by Crippen LogP contribution is 2.02. The quantitative estimate of drug-likeness (QED) is 0.678. The van der Waals surface area contributed by atoms with Crippen LogP contribution in [0.15, 0.2) is 0 Å². The zero-order chi connectivity index (χ0) is 11.2. The molecule has 0 bridgehead atoms. The van der Waals surface area contributed by atoms with Gasteiger partial charge in [-0.05, 0) is 45.4 Å². The van der Waals surface area contributed by atoms with Gasteiger partial charge in [0.2, 0.25) is 0 Å². The minimum absolute atomic E-state index is 0.250. The van der Waals surface area contributed by atoms with Crippen LogP contribution in [0.25, 0.3) is 0 Å². The predicted octanol–water partition coefficient (Wildman–Crippen LogP) is 2.37. The Kier molecular flexibility index (Phi) is 13.8. The second-order valence-corrected chi connectivity index (χ2v) is 3.66. The van der Waals surface area contributed by atoms with Crippen LogP contribution in [0.2, 0.25) is 0 Å². The van der Waals surface area contributed by atoms with E-state index in [1.165, 1.54) is 38.5 Å². The summed E-state index contributed by atoms with van der Waals surface area (Å²) in [6, 6.07) is 0. The molecule has 2 heterocycles. The average molecular weight is 218 g/mol. The van der Waals surface area contributed by atoms with E-state index < -0.39 is 0 Å². The maximum absolute atomic E-state index is 7.57. The van der Waals surface area contributed by atoms with Crippen LogP contribution in [0.5, 0.6) is 0 Å². The average Bonchev–Trinajstić information content (AvgIpc) is 2.35. The molecule has 0 atom stereocenters. The molecule has 2 aliphatic rings. The van der Waals surface area contributed by atoms with Gasteiger partial charge in [-0.15, -0.1) is 0 Å². The molecule has 0 aliphatic carbocycles. The summed E-state index contributed by atoms with van der Waals surface area (Å²) in [6.07, 6.45) is 7.86. The minimum Gasteiger partial charge on any atom is -0.397 e. The fourth-order valence-electron chi connectivity index (χ4n) is 1.37. The molecule has 2 rings (SSSR count). The summed E-state index contributed by atoms with van der Waals surface area (Å²) in [4.78, 5) is 0. The number of ether oxygens (including phenoxy) is 2. The molecule has 2 saturated heterocycles. The Balaban J connectivity index is 0.000000210. The van der Waals surface area contributed by atoms with Gasteiger partial charge in [-0.2, -0.15) is 0 Å². The van der Waals surface area contributed by atoms with Gasteiger partial charge in [-0.25, -0.2) is 0 Å². The van der Waals surface area contributed by atoms with E-state index >= 15 is 0 Å². The van der Waals surface area contributed by atoms with Gasteiger partial charge >= 0.3 is 0 Å². The number of hydrogen-bond donors (Lipinski definition) is 1. The zero-order valence-electron chi connectivity index (χ0n) is 10.0. The first kappa shape index (κ1) is 14.9. The molecule has 0 aromatic heterocycles. The lowest BCUT2D eigenvalue weighted by atomic mass is 10.2. The first-order valence-electron chi connectivity index (χ1n) is 6.18. The van der Waals surface area contributed by atoms with Crippen molar-refractivity contribution < 1.29 is 14.6 Å². The molecule has 0 spiro atoms. The normalized spacial score (nSPS) is 20.4. The van der Waals surface area contributed by atoms with E-state index in [0.29, 0.717) is 0 Å². The van der Waals surface area contributed by atoms with E-state index in [-0.39, 0.29) is 6.61 Å². The summed E-state index contributed by atoms with van der Waals surface area (Å²) < 4.78 is 10.1. The van der Waals surface area contributed by atoms with Crippen LogP contribution >= 0.6 is 0 Å². The van der Waals surface area contributed by atoms with Gasteiger partial charge in [0.15, 0.2) is 0 Å². The molecular formula is C12H26O3. The van der Waals surface area contributed by atoms with Crippen LogP contribution in [0, 0.1) is 0 Å². The van der Waals surface area contributed by atoms with Gasteiger partial charge in [-0.1, -0.05) is 0 Å². The standard InChI is InChI=1S/2C5H10O.C2H6O/c2*1-2-4-6-5-3-1;1-2-3/h2*1-5H2;3H,2H2,1H3. The Bertz CT molecular complexity index is 64.0. The van der Waals surface area contributed by atoms with Gasteiger partial charge in [0.25, 0.3) is 0 Å². The predicted molar refractivity (Wildman–Crippen MR) is 62.1 cm³/mol. The van der Waals surface area contributed by atoms with E-state index in [1.807, 2.05) is 0 Å². The van der Waals surface area contributed by atoms with Gasteiger partial charge in [0.1, 0.15) is 0 Å². The molecule has 2 aliphatic heterocycles. The molecule has 0 amide bonds. The molecular weight excluding hydrogens is 192 g/mol. The number of rotatable bonds is 0. The van der Waals surface area contributed by atoms with Crippen molar-refractivity contribution in [3.05, 3.63) is 0 Å². The first-order valence-corrected chi connectivity index (χ1v) is 6.18. The van der Waals surface area contributed by atoms with Crippen LogP contribution in [-0.4, -0.2) is 38.1 Å². The van der Waals surface area contributed by atoms with Gasteiger partial charge in [0.05, 0.1) is 0 Å². The Morgan fingerprint density at radius 2 is 1.00 bits per heavy atom. The highest BCUT2D eigenvalue weighted by atomic mass is 16.5. The molecule has 2 fully saturated rings. The van der Waals surface area contributed by atoms with Crippen molar-refractivity contribution in [1.82, 2.24) is 0 Å². The zero-order valence-corrected chi connectivity index (χ0v) is 10.0. The van der Waals surface area contributed by atoms with Crippen LogP contribution in [-0.2, 0) is 9.47 Å². The van der Waals surface area contributed by atoms with Crippen LogP contribution in [0.1, 0.15) is 45.4 Å². The Morgan fingerprint density at radius 3 is 1.07 bits per heavy atom. The lowest BCUT2D eigenvalue weighted by Gasteiger charge is -2.08. The summed E-state index contributed by atoms with van der Waals surface area (Å²) >= 11 is 0. The molecule has 1 N–H and O–H groups in total. The molecule has 0 aromatic carbocycles. The second-order valence-electron chi connectivity index (χ2n) is 3.66. The lowest BCUT2D eigenvalue weighted by molar-refractivity contribution is 0.0967. The number of aliphatic hydroxyl groups is 1. The van der Waals surface area contributed by atoms with Crippen LogP contribution in [0.3, 0.4) is 0 Å². The van der Waals surface area contributed by atoms with Gasteiger partial charge < -0.3 is 14.6 Å². The van der Waals surface area contributed by atoms with Crippen molar-refractivity contribution in [2.75, 3.05) is 33.0 Å². The summed E-state index contributed by atoms with van der Waals surface area (Å²) in [7, 11) is 0. The monoisotopic (exact) mass is 218 g/mol. The molecule has 15 heavy (non-hydrogen) atoms. The molecule has 3 nitrogen and oxygen atoms in total. The molecule has 92 valence electrons. The van der Waals surface area contributed by atoms with E-state index in [2.05, 4.69) is 0 Å². The Morgan fingerprint density at radius 1 is 0.733 bits per heavy atom. The van der Waals surface area contributed by atoms with Crippen molar-refractivity contribution in [3.63, 3.8) is 0 Å². The fraction of sp³-hybridized carbons (Fsp3) is 1.00. The van der Waals surface area contributed by atoms with Crippen molar-refractivity contribution in [2.24, 2.45) is 0 Å². The van der Waals surface area contributed by atoms with E-state index in [1.54, 1.807) is 6.92 Å². The topological polar surface area (TPSA) is 38.7 Å². The van der Waals surface area contributed by atoms with Gasteiger partial charge in [0, 0.05) is 33.0 Å². The SMILES string of the molecule is C1CCOCC1.C1CCOCC1.CCO. The third kappa shape index (κ3) is 13.9. The van der Waals surface area contributed by atoms with Crippen molar-refractivity contribution in [1.29, 1.82) is 0 Å². The molecule has 0 radical (unpaired) electrons. The van der Waals surface area contributed by atoms with Crippen LogP contribution < -0.4 is 0 Å². The van der Waals surface area contributed by atoms with Crippen molar-refractivity contribution in [2.45, 2.75) is 45.4 Å². The van der Waals surface area contributed by atoms with E-state index in [0.717, 1.165) is 26.4 Å². The number of aliphatic hydroxyl groups excluding tert-OH is 1. The first-order chi connectivity index (χ1) is 7.41. The van der Waals surface area contributed by atoms with Crippen LogP contribution in [0.4, 0.5) is 0 Å². The smallest absolute Gasteiger partial charge is 0.0466 e. The second kappa shape index (κ2) is 13.9. The summed E-state index contributed by atoms with van der Waals surface area (Å²) in [5, 5.41) is 7.57. The largest absolute Gasteiger partial charge is 0.397 e. The third-order valence-electron chi connectivity index (χ3n) is 2.15. The Hall–Kier alpha value is -0.120. The molecule has 0 aromatic rings. The van der Waals surface area contributed by atoms with Crippen molar-refractivity contribution in [3.8, 4) is 0 Å². The maximum Gasteiger partial charge on any atom is 0.0466 e. The van der Waals surface area contributed by atoms with E-state index in [9.17, 15) is 0 Å².